The highest BCUT2D eigenvalue weighted by atomic mass is 32.2. The number of unbranched alkanes of at least 4 members (excludes halogenated alkanes) is 1. The number of amides is 1. The number of amidine groups is 1. The third-order valence-electron chi connectivity index (χ3n) is 8.79. The molecule has 3 aromatic rings. The lowest BCUT2D eigenvalue weighted by Gasteiger charge is -2.23. The number of carbonyl (C=O) groups is 1. The zero-order chi connectivity index (χ0) is 30.5. The molecule has 0 radical (unpaired) electrons. The van der Waals surface area contributed by atoms with Crippen molar-refractivity contribution in [3.05, 3.63) is 65.5 Å². The van der Waals surface area contributed by atoms with Crippen LogP contribution >= 0.6 is 11.9 Å². The van der Waals surface area contributed by atoms with Crippen LogP contribution in [0.3, 0.4) is 0 Å². The van der Waals surface area contributed by atoms with E-state index in [1.165, 1.54) is 24.8 Å². The maximum absolute atomic E-state index is 13.8. The van der Waals surface area contributed by atoms with Crippen LogP contribution in [0.4, 0.5) is 5.82 Å². The predicted molar refractivity (Wildman–Crippen MR) is 176 cm³/mol. The second kappa shape index (κ2) is 13.7. The van der Waals surface area contributed by atoms with Crippen molar-refractivity contribution < 1.29 is 14.3 Å². The van der Waals surface area contributed by atoms with Gasteiger partial charge in [-0.25, -0.2) is 9.97 Å². The van der Waals surface area contributed by atoms with E-state index in [-0.39, 0.29) is 5.91 Å². The number of hydrogen-bond acceptors (Lipinski definition) is 8. The minimum atomic E-state index is -0.521. The standard InChI is InChI=1S/C35H43N5O3S/c1-4-5-12-31-38-35(17-8-9-18-35)34(41)40(31)21-26-15-16-28(27(19-26)23-43-22-25-13-14-25)29-10-6-7-11-30(29)44-39-32-33(42-3)37-24(2)20-36-32/h6-7,10-11,15-16,19-20,25H,4-5,8-9,12-14,17-18,21-23H2,1-3H3,(H,36,39). The van der Waals surface area contributed by atoms with Gasteiger partial charge in [0, 0.05) is 17.9 Å². The van der Waals surface area contributed by atoms with Gasteiger partial charge in [-0.3, -0.25) is 14.7 Å². The molecule has 1 aliphatic heterocycles. The Labute approximate surface area is 265 Å². The van der Waals surface area contributed by atoms with E-state index in [4.69, 9.17) is 14.5 Å². The lowest BCUT2D eigenvalue weighted by Crippen LogP contribution is -2.40. The van der Waals surface area contributed by atoms with E-state index in [0.29, 0.717) is 30.8 Å². The van der Waals surface area contributed by atoms with Crippen molar-refractivity contribution in [2.45, 2.75) is 95.2 Å². The van der Waals surface area contributed by atoms with Gasteiger partial charge in [0.15, 0.2) is 5.82 Å². The van der Waals surface area contributed by atoms with E-state index in [1.807, 2.05) is 17.9 Å². The molecule has 1 amide bonds. The molecule has 1 aromatic heterocycles. The molecule has 232 valence electrons. The number of hydrogen-bond donors (Lipinski definition) is 1. The van der Waals surface area contributed by atoms with Gasteiger partial charge in [0.2, 0.25) is 0 Å². The van der Waals surface area contributed by atoms with E-state index >= 15 is 0 Å². The average molecular weight is 614 g/mol. The van der Waals surface area contributed by atoms with Crippen molar-refractivity contribution in [2.75, 3.05) is 18.4 Å². The largest absolute Gasteiger partial charge is 0.478 e. The monoisotopic (exact) mass is 613 g/mol. The Bertz CT molecular complexity index is 1520. The van der Waals surface area contributed by atoms with Crippen molar-refractivity contribution >= 4 is 29.5 Å². The molecule has 2 saturated carbocycles. The van der Waals surface area contributed by atoms with Gasteiger partial charge < -0.3 is 14.2 Å². The van der Waals surface area contributed by atoms with Crippen LogP contribution in [0.2, 0.25) is 0 Å². The van der Waals surface area contributed by atoms with Crippen LogP contribution in [-0.4, -0.2) is 45.9 Å². The Balaban J connectivity index is 1.27. The molecule has 1 N–H and O–H groups in total. The van der Waals surface area contributed by atoms with E-state index in [1.54, 1.807) is 13.3 Å². The maximum atomic E-state index is 13.8. The summed E-state index contributed by atoms with van der Waals surface area (Å²) in [6.07, 6.45) is 11.1. The number of nitrogens with zero attached hydrogens (tertiary/aromatic N) is 4. The Morgan fingerprint density at radius 3 is 2.70 bits per heavy atom. The third kappa shape index (κ3) is 6.79. The summed E-state index contributed by atoms with van der Waals surface area (Å²) < 4.78 is 15.0. The molecule has 6 rings (SSSR count). The maximum Gasteiger partial charge on any atom is 0.258 e. The van der Waals surface area contributed by atoms with E-state index < -0.39 is 5.54 Å². The molecule has 2 aromatic carbocycles. The van der Waals surface area contributed by atoms with Gasteiger partial charge in [-0.1, -0.05) is 62.6 Å². The predicted octanol–water partition coefficient (Wildman–Crippen LogP) is 7.75. The summed E-state index contributed by atoms with van der Waals surface area (Å²) in [7, 11) is 1.60. The fourth-order valence-corrected chi connectivity index (χ4v) is 6.96. The number of anilines is 1. The zero-order valence-electron chi connectivity index (χ0n) is 26.1. The number of aryl methyl sites for hydroxylation is 1. The highest BCUT2D eigenvalue weighted by Gasteiger charge is 2.49. The highest BCUT2D eigenvalue weighted by Crippen LogP contribution is 2.41. The summed E-state index contributed by atoms with van der Waals surface area (Å²) in [5.74, 6) is 2.89. The van der Waals surface area contributed by atoms with Gasteiger partial charge in [-0.15, -0.1) is 0 Å². The molecule has 1 spiro atoms. The molecular weight excluding hydrogens is 570 g/mol. The third-order valence-corrected chi connectivity index (χ3v) is 9.66. The Morgan fingerprint density at radius 2 is 1.93 bits per heavy atom. The molecule has 3 aliphatic rings. The minimum Gasteiger partial charge on any atom is -0.478 e. The average Bonchev–Trinajstić information content (AvgIpc) is 3.68. The summed E-state index contributed by atoms with van der Waals surface area (Å²) >= 11 is 1.49. The molecule has 44 heavy (non-hydrogen) atoms. The molecule has 2 aliphatic carbocycles. The molecular formula is C35H43N5O3S. The first-order valence-electron chi connectivity index (χ1n) is 16.0. The number of aliphatic imine (C=N–C) groups is 1. The van der Waals surface area contributed by atoms with Crippen molar-refractivity contribution in [3.63, 3.8) is 0 Å². The smallest absolute Gasteiger partial charge is 0.258 e. The summed E-state index contributed by atoms with van der Waals surface area (Å²) in [6, 6.07) is 14.9. The number of nitrogens with one attached hydrogen (secondary N) is 1. The summed E-state index contributed by atoms with van der Waals surface area (Å²) in [5, 5.41) is 0. The zero-order valence-corrected chi connectivity index (χ0v) is 26.9. The van der Waals surface area contributed by atoms with Crippen LogP contribution in [0, 0.1) is 12.8 Å². The molecule has 2 heterocycles. The van der Waals surface area contributed by atoms with Gasteiger partial charge in [0.1, 0.15) is 11.4 Å². The van der Waals surface area contributed by atoms with Crippen molar-refractivity contribution in [2.24, 2.45) is 10.9 Å². The van der Waals surface area contributed by atoms with E-state index in [9.17, 15) is 4.79 Å². The minimum absolute atomic E-state index is 0.194. The first-order valence-corrected chi connectivity index (χ1v) is 16.8. The fraction of sp³-hybridized carbons (Fsp3) is 0.486. The lowest BCUT2D eigenvalue weighted by atomic mass is 9.96. The van der Waals surface area contributed by atoms with Crippen molar-refractivity contribution in [1.82, 2.24) is 14.9 Å². The quantitative estimate of drug-likeness (QED) is 0.186. The van der Waals surface area contributed by atoms with Crippen LogP contribution in [0.15, 0.2) is 58.5 Å². The Kier molecular flexibility index (Phi) is 9.52. The first kappa shape index (κ1) is 30.6. The summed E-state index contributed by atoms with van der Waals surface area (Å²) in [4.78, 5) is 30.8. The number of methoxy groups -OCH3 is 1. The van der Waals surface area contributed by atoms with Gasteiger partial charge in [-0.05, 0) is 85.2 Å². The molecule has 2 fully saturated rings. The Morgan fingerprint density at radius 1 is 1.11 bits per heavy atom. The molecule has 8 nitrogen and oxygen atoms in total. The summed E-state index contributed by atoms with van der Waals surface area (Å²) in [5.41, 5.74) is 4.73. The fourth-order valence-electron chi connectivity index (χ4n) is 6.18. The SMILES string of the molecule is CCCCC1=NC2(CCCC2)C(=O)N1Cc1ccc(-c2ccccc2SNc2ncc(C)nc2OC)c(COCC2CC2)c1. The number of rotatable bonds is 14. The van der Waals surface area contributed by atoms with Crippen molar-refractivity contribution in [1.29, 1.82) is 0 Å². The molecule has 0 bridgehead atoms. The molecule has 9 heteroatoms. The summed E-state index contributed by atoms with van der Waals surface area (Å²) in [6.45, 7) is 5.94. The van der Waals surface area contributed by atoms with E-state index in [2.05, 4.69) is 58.0 Å². The van der Waals surface area contributed by atoms with Crippen LogP contribution < -0.4 is 9.46 Å². The molecule has 0 saturated heterocycles. The number of ether oxygens (including phenoxy) is 2. The normalized spacial score (nSPS) is 17.4. The lowest BCUT2D eigenvalue weighted by molar-refractivity contribution is -0.131. The van der Waals surface area contributed by atoms with Crippen LogP contribution in [0.5, 0.6) is 5.88 Å². The van der Waals surface area contributed by atoms with Gasteiger partial charge >= 0.3 is 0 Å². The number of benzene rings is 2. The van der Waals surface area contributed by atoms with E-state index in [0.717, 1.165) is 90.2 Å². The topological polar surface area (TPSA) is 88.9 Å². The second-order valence-electron chi connectivity index (χ2n) is 12.3. The number of aromatic nitrogens is 2. The Hall–Kier alpha value is -3.43. The van der Waals surface area contributed by atoms with Gasteiger partial charge in [0.25, 0.3) is 11.8 Å². The van der Waals surface area contributed by atoms with Gasteiger partial charge in [0.05, 0.1) is 32.2 Å². The second-order valence-corrected chi connectivity index (χ2v) is 13.1. The van der Waals surface area contributed by atoms with Crippen LogP contribution in [0.25, 0.3) is 11.1 Å². The molecule has 0 atom stereocenters. The van der Waals surface area contributed by atoms with Gasteiger partial charge in [-0.2, -0.15) is 0 Å². The van der Waals surface area contributed by atoms with Crippen LogP contribution in [-0.2, 0) is 22.7 Å². The van der Waals surface area contributed by atoms with Crippen molar-refractivity contribution in [3.8, 4) is 17.0 Å². The molecule has 0 unspecified atom stereocenters. The highest BCUT2D eigenvalue weighted by molar-refractivity contribution is 8.00. The van der Waals surface area contributed by atoms with Crippen LogP contribution in [0.1, 0.15) is 81.5 Å². The first-order chi connectivity index (χ1) is 21.5. The number of carbonyl (C=O) groups excluding carboxylic acids is 1.